The lowest BCUT2D eigenvalue weighted by Gasteiger charge is -2.32. The molecule has 0 spiro atoms. The van der Waals surface area contributed by atoms with Gasteiger partial charge in [-0.1, -0.05) is 6.42 Å². The van der Waals surface area contributed by atoms with Crippen LogP contribution in [0.2, 0.25) is 12.6 Å². The first-order chi connectivity index (χ1) is 13.7. The number of aliphatic hydroxyl groups excluding tert-OH is 2. The summed E-state index contributed by atoms with van der Waals surface area (Å²) < 4.78 is 24.9. The Labute approximate surface area is 183 Å². The Morgan fingerprint density at radius 2 is 1.07 bits per heavy atom. The van der Waals surface area contributed by atoms with Gasteiger partial charge in [-0.2, -0.15) is 0 Å². The molecule has 0 aromatic carbocycles. The average Bonchev–Trinajstić information content (AvgIpc) is 3.13. The van der Waals surface area contributed by atoms with E-state index in [1.54, 1.807) is 0 Å². The molecule has 172 valence electrons. The van der Waals surface area contributed by atoms with Crippen LogP contribution in [0.25, 0.3) is 0 Å². The normalized spacial score (nSPS) is 33.4. The van der Waals surface area contributed by atoms with E-state index in [0.717, 1.165) is 31.9 Å². The van der Waals surface area contributed by atoms with Crippen molar-refractivity contribution in [2.45, 2.75) is 110 Å². The fourth-order valence-corrected chi connectivity index (χ4v) is 5.19. The molecule has 0 bridgehead atoms. The molecule has 6 nitrogen and oxygen atoms in total. The van der Waals surface area contributed by atoms with Crippen LogP contribution in [0.4, 0.5) is 0 Å². The highest BCUT2D eigenvalue weighted by atomic mass is 16.7. The zero-order valence-electron chi connectivity index (χ0n) is 20.3. The summed E-state index contributed by atoms with van der Waals surface area (Å²) in [5.74, 6) is 0.684. The Morgan fingerprint density at radius 3 is 1.50 bits per heavy atom. The fourth-order valence-electron chi connectivity index (χ4n) is 5.19. The average molecular weight is 424 g/mol. The largest absolute Gasteiger partial charge is 0.458 e. The monoisotopic (exact) mass is 424 g/mol. The van der Waals surface area contributed by atoms with Gasteiger partial charge in [-0.05, 0) is 92.7 Å². The second-order valence-corrected chi connectivity index (χ2v) is 11.9. The smallest absolute Gasteiger partial charge is 0.403 e. The Bertz CT molecular complexity index is 585. The first kappa shape index (κ1) is 24.5. The van der Waals surface area contributed by atoms with Crippen LogP contribution in [0, 0.1) is 17.3 Å². The molecule has 0 radical (unpaired) electrons. The Morgan fingerprint density at radius 1 is 0.667 bits per heavy atom. The zero-order chi connectivity index (χ0) is 22.6. The van der Waals surface area contributed by atoms with E-state index in [0.29, 0.717) is 11.8 Å². The van der Waals surface area contributed by atoms with Gasteiger partial charge in [0.15, 0.2) is 0 Å². The molecule has 3 aliphatic rings. The van der Waals surface area contributed by atoms with Crippen LogP contribution in [-0.2, 0) is 18.6 Å². The van der Waals surface area contributed by atoms with Gasteiger partial charge in [0.2, 0.25) is 0 Å². The predicted molar refractivity (Wildman–Crippen MR) is 119 cm³/mol. The zero-order valence-corrected chi connectivity index (χ0v) is 20.3. The van der Waals surface area contributed by atoms with Crippen molar-refractivity contribution in [1.29, 1.82) is 0 Å². The Balaban J connectivity index is 1.65. The van der Waals surface area contributed by atoms with Gasteiger partial charge in [0.1, 0.15) is 0 Å². The minimum absolute atomic E-state index is 0.0103. The molecule has 2 heterocycles. The molecule has 0 aromatic rings. The summed E-state index contributed by atoms with van der Waals surface area (Å²) >= 11 is 0. The van der Waals surface area contributed by atoms with Crippen LogP contribution in [-0.4, -0.2) is 60.1 Å². The summed E-state index contributed by atoms with van der Waals surface area (Å²) in [6, 6.07) is 0. The molecule has 2 atom stereocenters. The maximum Gasteiger partial charge on any atom is 0.458 e. The van der Waals surface area contributed by atoms with Gasteiger partial charge in [-0.3, -0.25) is 0 Å². The lowest BCUT2D eigenvalue weighted by molar-refractivity contribution is 0.00578. The van der Waals surface area contributed by atoms with E-state index in [4.69, 9.17) is 18.6 Å². The van der Waals surface area contributed by atoms with Crippen molar-refractivity contribution in [2.75, 3.05) is 13.2 Å². The van der Waals surface area contributed by atoms with Crippen LogP contribution < -0.4 is 0 Å². The SMILES string of the molecule is CC1(C)OB(CC[C@H]2CC(CO)(CO)C[C@@H]2CB2OC(C)(C)C(C)(C)O2)OC1(C)C. The van der Waals surface area contributed by atoms with E-state index in [2.05, 4.69) is 55.4 Å². The lowest BCUT2D eigenvalue weighted by Crippen LogP contribution is -2.41. The minimum atomic E-state index is -0.422. The molecule has 0 amide bonds. The maximum absolute atomic E-state index is 10.0. The molecule has 0 aromatic heterocycles. The Hall–Kier alpha value is -0.110. The molecular formula is C22H42B2O6. The van der Waals surface area contributed by atoms with E-state index < -0.39 is 5.41 Å². The van der Waals surface area contributed by atoms with Crippen LogP contribution in [0.5, 0.6) is 0 Å². The topological polar surface area (TPSA) is 77.4 Å². The second-order valence-electron chi connectivity index (χ2n) is 11.9. The molecule has 1 aliphatic carbocycles. The summed E-state index contributed by atoms with van der Waals surface area (Å²) in [7, 11) is -0.474. The van der Waals surface area contributed by atoms with Crippen molar-refractivity contribution in [3.05, 3.63) is 0 Å². The van der Waals surface area contributed by atoms with Crippen LogP contribution in [0.3, 0.4) is 0 Å². The van der Waals surface area contributed by atoms with Crippen LogP contribution in [0.15, 0.2) is 0 Å². The molecule has 1 saturated carbocycles. The molecule has 3 fully saturated rings. The van der Waals surface area contributed by atoms with Crippen LogP contribution >= 0.6 is 0 Å². The molecule has 2 aliphatic heterocycles. The van der Waals surface area contributed by atoms with Crippen molar-refractivity contribution in [3.63, 3.8) is 0 Å². The van der Waals surface area contributed by atoms with Crippen LogP contribution in [0.1, 0.15) is 74.7 Å². The van der Waals surface area contributed by atoms with Gasteiger partial charge in [0.25, 0.3) is 0 Å². The van der Waals surface area contributed by atoms with Crippen molar-refractivity contribution in [2.24, 2.45) is 17.3 Å². The van der Waals surface area contributed by atoms with E-state index in [1.807, 2.05) is 0 Å². The number of rotatable bonds is 7. The number of hydrogen-bond acceptors (Lipinski definition) is 6. The highest BCUT2D eigenvalue weighted by molar-refractivity contribution is 6.46. The molecule has 0 unspecified atom stereocenters. The summed E-state index contributed by atoms with van der Waals surface area (Å²) in [4.78, 5) is 0. The van der Waals surface area contributed by atoms with E-state index in [9.17, 15) is 10.2 Å². The van der Waals surface area contributed by atoms with Crippen molar-refractivity contribution in [3.8, 4) is 0 Å². The van der Waals surface area contributed by atoms with Crippen molar-refractivity contribution in [1.82, 2.24) is 0 Å². The Kier molecular flexibility index (Phi) is 6.57. The lowest BCUT2D eigenvalue weighted by atomic mass is 9.70. The van der Waals surface area contributed by atoms with E-state index >= 15 is 0 Å². The first-order valence-electron chi connectivity index (χ1n) is 11.6. The van der Waals surface area contributed by atoms with E-state index in [-0.39, 0.29) is 49.9 Å². The third-order valence-electron chi connectivity index (χ3n) is 8.60. The van der Waals surface area contributed by atoms with Gasteiger partial charge in [-0.15, -0.1) is 0 Å². The van der Waals surface area contributed by atoms with Crippen molar-refractivity contribution < 1.29 is 28.8 Å². The molecular weight excluding hydrogens is 382 g/mol. The fraction of sp³-hybridized carbons (Fsp3) is 1.00. The number of hydrogen-bond donors (Lipinski definition) is 2. The van der Waals surface area contributed by atoms with Gasteiger partial charge in [0.05, 0.1) is 35.6 Å². The highest BCUT2D eigenvalue weighted by Gasteiger charge is 2.55. The third-order valence-corrected chi connectivity index (χ3v) is 8.60. The standard InChI is InChI=1S/C22H42B2O6/c1-18(2)19(3,4)28-23(27-18)10-9-16-11-22(14-25,15-26)12-17(16)13-24-29-20(5,6)21(7,8)30-24/h16-17,25-26H,9-15H2,1-8H3/t16-,17+/m0/s1. The molecule has 2 N–H and O–H groups in total. The summed E-state index contributed by atoms with van der Waals surface area (Å²) in [6.45, 7) is 16.6. The molecule has 30 heavy (non-hydrogen) atoms. The summed E-state index contributed by atoms with van der Waals surface area (Å²) in [5, 5.41) is 20.0. The third kappa shape index (κ3) is 4.51. The quantitative estimate of drug-likeness (QED) is 0.609. The first-order valence-corrected chi connectivity index (χ1v) is 11.6. The van der Waals surface area contributed by atoms with Gasteiger partial charge < -0.3 is 28.8 Å². The van der Waals surface area contributed by atoms with E-state index in [1.165, 1.54) is 0 Å². The highest BCUT2D eigenvalue weighted by Crippen LogP contribution is 2.51. The molecule has 8 heteroatoms. The minimum Gasteiger partial charge on any atom is -0.403 e. The van der Waals surface area contributed by atoms with Gasteiger partial charge in [-0.25, -0.2) is 0 Å². The summed E-state index contributed by atoms with van der Waals surface area (Å²) in [6.07, 6.45) is 4.12. The number of aliphatic hydroxyl groups is 2. The summed E-state index contributed by atoms with van der Waals surface area (Å²) in [5.41, 5.74) is -1.77. The van der Waals surface area contributed by atoms with Gasteiger partial charge >= 0.3 is 14.2 Å². The van der Waals surface area contributed by atoms with Crippen molar-refractivity contribution >= 4 is 14.2 Å². The predicted octanol–water partition coefficient (Wildman–Crippen LogP) is 3.56. The second kappa shape index (κ2) is 8.03. The molecule has 3 rings (SSSR count). The molecule has 2 saturated heterocycles. The maximum atomic E-state index is 10.0. The van der Waals surface area contributed by atoms with Gasteiger partial charge in [0, 0.05) is 5.41 Å².